The molecule has 0 radical (unpaired) electrons. The third-order valence-corrected chi connectivity index (χ3v) is 3.80. The van der Waals surface area contributed by atoms with Gasteiger partial charge in [0.1, 0.15) is 23.5 Å². The monoisotopic (exact) mass is 305 g/mol. The number of phenols is 1. The molecule has 4 heteroatoms. The van der Waals surface area contributed by atoms with E-state index in [1.54, 1.807) is 12.1 Å². The minimum atomic E-state index is -0.00797. The maximum atomic E-state index is 9.65. The summed E-state index contributed by atoms with van der Waals surface area (Å²) in [6, 6.07) is 9.03. The number of aromatic hydroxyl groups is 1. The fourth-order valence-electron chi connectivity index (χ4n) is 2.76. The van der Waals surface area contributed by atoms with Crippen LogP contribution >= 0.6 is 0 Å². The zero-order chi connectivity index (χ0) is 17.0. The van der Waals surface area contributed by atoms with Crippen molar-refractivity contribution < 1.29 is 5.11 Å². The molecule has 23 heavy (non-hydrogen) atoms. The van der Waals surface area contributed by atoms with E-state index in [0.717, 1.165) is 23.1 Å². The van der Waals surface area contributed by atoms with Crippen LogP contribution in [0.4, 0.5) is 5.69 Å². The maximum Gasteiger partial charge on any atom is 0.139 e. The molecule has 1 aromatic carbocycles. The van der Waals surface area contributed by atoms with Crippen molar-refractivity contribution in [1.29, 1.82) is 10.5 Å². The molecule has 0 aromatic heterocycles. The second-order valence-electron chi connectivity index (χ2n) is 6.51. The van der Waals surface area contributed by atoms with E-state index < -0.39 is 0 Å². The molecule has 116 valence electrons. The molecule has 0 spiro atoms. The number of rotatable bonds is 2. The van der Waals surface area contributed by atoms with E-state index in [2.05, 4.69) is 13.8 Å². The van der Waals surface area contributed by atoms with Crippen LogP contribution < -0.4 is 5.73 Å². The van der Waals surface area contributed by atoms with E-state index in [1.165, 1.54) is 0 Å². The summed E-state index contributed by atoms with van der Waals surface area (Å²) in [5, 5.41) is 27.8. The van der Waals surface area contributed by atoms with Crippen LogP contribution in [-0.2, 0) is 0 Å². The van der Waals surface area contributed by atoms with E-state index in [1.807, 2.05) is 36.4 Å². The molecule has 0 bridgehead atoms. The molecule has 3 N–H and O–H groups in total. The van der Waals surface area contributed by atoms with Crippen molar-refractivity contribution in [2.24, 2.45) is 5.41 Å². The molecule has 0 atom stereocenters. The fourth-order valence-corrected chi connectivity index (χ4v) is 2.76. The van der Waals surface area contributed by atoms with Crippen LogP contribution in [0.25, 0.3) is 6.08 Å². The maximum absolute atomic E-state index is 9.65. The van der Waals surface area contributed by atoms with Gasteiger partial charge in [0, 0.05) is 0 Å². The average molecular weight is 305 g/mol. The normalized spacial score (nSPS) is 16.5. The first-order valence-corrected chi connectivity index (χ1v) is 7.35. The van der Waals surface area contributed by atoms with Crippen LogP contribution in [0, 0.1) is 28.1 Å². The number of anilines is 1. The molecule has 2 rings (SSSR count). The number of allylic oxidation sites excluding steroid dienone is 5. The molecule has 0 heterocycles. The summed E-state index contributed by atoms with van der Waals surface area (Å²) >= 11 is 0. The van der Waals surface area contributed by atoms with Gasteiger partial charge in [0.05, 0.1) is 5.69 Å². The minimum Gasteiger partial charge on any atom is -0.506 e. The summed E-state index contributed by atoms with van der Waals surface area (Å²) < 4.78 is 0. The largest absolute Gasteiger partial charge is 0.506 e. The lowest BCUT2D eigenvalue weighted by Gasteiger charge is -2.30. The van der Waals surface area contributed by atoms with Crippen LogP contribution in [0.5, 0.6) is 5.75 Å². The van der Waals surface area contributed by atoms with Crippen molar-refractivity contribution >= 4 is 11.8 Å². The van der Waals surface area contributed by atoms with Gasteiger partial charge in [0.25, 0.3) is 0 Å². The zero-order valence-electron chi connectivity index (χ0n) is 13.3. The number of nitrogen functional groups attached to an aromatic ring is 1. The highest BCUT2D eigenvalue weighted by Crippen LogP contribution is 2.39. The van der Waals surface area contributed by atoms with Gasteiger partial charge in [-0.05, 0) is 47.1 Å². The number of nitrogens with zero attached hydrogens (tertiary/aromatic N) is 2. The molecule has 4 nitrogen and oxygen atoms in total. The lowest BCUT2D eigenvalue weighted by Crippen LogP contribution is -2.17. The van der Waals surface area contributed by atoms with Crippen LogP contribution in [-0.4, -0.2) is 5.11 Å². The molecular formula is C19H19N3O. The highest BCUT2D eigenvalue weighted by Gasteiger charge is 2.26. The fraction of sp³-hybridized carbons (Fsp3) is 0.263. The molecule has 0 saturated heterocycles. The van der Waals surface area contributed by atoms with Crippen LogP contribution in [0.1, 0.15) is 32.3 Å². The number of benzene rings is 1. The van der Waals surface area contributed by atoms with Gasteiger partial charge in [-0.2, -0.15) is 10.5 Å². The number of phenolic OH excluding ortho intramolecular Hbond substituents is 1. The van der Waals surface area contributed by atoms with Gasteiger partial charge in [0.2, 0.25) is 0 Å². The van der Waals surface area contributed by atoms with E-state index in [9.17, 15) is 5.11 Å². The third kappa shape index (κ3) is 4.02. The lowest BCUT2D eigenvalue weighted by atomic mass is 9.74. The average Bonchev–Trinajstić information content (AvgIpc) is 2.48. The molecule has 1 aromatic rings. The molecule has 0 unspecified atom stereocenters. The first-order valence-electron chi connectivity index (χ1n) is 7.35. The zero-order valence-corrected chi connectivity index (χ0v) is 13.3. The SMILES string of the molecule is CC1(C)CC(/C=C/c2ccc(N)c(O)c2)=CC(=C(C#N)C#N)C1. The third-order valence-electron chi connectivity index (χ3n) is 3.80. The van der Waals surface area contributed by atoms with E-state index >= 15 is 0 Å². The predicted octanol–water partition coefficient (Wildman–Crippen LogP) is 4.08. The molecule has 1 aliphatic carbocycles. The van der Waals surface area contributed by atoms with Gasteiger partial charge in [-0.1, -0.05) is 38.1 Å². The Kier molecular flexibility index (Phi) is 4.57. The summed E-state index contributed by atoms with van der Waals surface area (Å²) in [4.78, 5) is 0. The summed E-state index contributed by atoms with van der Waals surface area (Å²) in [6.07, 6.45) is 7.34. The molecule has 0 aliphatic heterocycles. The summed E-state index contributed by atoms with van der Waals surface area (Å²) in [5.74, 6) is 0.0573. The van der Waals surface area contributed by atoms with Crippen molar-refractivity contribution in [3.8, 4) is 17.9 Å². The summed E-state index contributed by atoms with van der Waals surface area (Å²) in [6.45, 7) is 4.24. The second kappa shape index (κ2) is 6.42. The van der Waals surface area contributed by atoms with Crippen molar-refractivity contribution in [2.75, 3.05) is 5.73 Å². The number of hydrogen-bond acceptors (Lipinski definition) is 4. The van der Waals surface area contributed by atoms with Gasteiger partial charge in [0.15, 0.2) is 0 Å². The van der Waals surface area contributed by atoms with Crippen LogP contribution in [0.3, 0.4) is 0 Å². The molecular weight excluding hydrogens is 286 g/mol. The van der Waals surface area contributed by atoms with Gasteiger partial charge in [-0.25, -0.2) is 0 Å². The Hall–Kier alpha value is -2.98. The Labute approximate surface area is 136 Å². The lowest BCUT2D eigenvalue weighted by molar-refractivity contribution is 0.354. The van der Waals surface area contributed by atoms with Crippen molar-refractivity contribution in [3.05, 3.63) is 52.6 Å². The van der Waals surface area contributed by atoms with E-state index in [-0.39, 0.29) is 16.7 Å². The number of nitrogens with two attached hydrogens (primary N) is 1. The second-order valence-corrected chi connectivity index (χ2v) is 6.51. The Morgan fingerprint density at radius 1 is 1.22 bits per heavy atom. The standard InChI is InChI=1S/C19H19N3O/c1-19(2)9-14(7-15(10-19)16(11-20)12-21)4-3-13-5-6-17(22)18(23)8-13/h3-8,23H,9-10,22H2,1-2H3/b4-3+. The molecule has 0 saturated carbocycles. The quantitative estimate of drug-likeness (QED) is 0.489. The minimum absolute atomic E-state index is 0.00797. The predicted molar refractivity (Wildman–Crippen MR) is 90.9 cm³/mol. The highest BCUT2D eigenvalue weighted by molar-refractivity contribution is 5.62. The Morgan fingerprint density at radius 3 is 2.52 bits per heavy atom. The summed E-state index contributed by atoms with van der Waals surface area (Å²) in [7, 11) is 0. The van der Waals surface area contributed by atoms with E-state index in [4.69, 9.17) is 16.3 Å². The molecule has 0 amide bonds. The van der Waals surface area contributed by atoms with Gasteiger partial charge >= 0.3 is 0 Å². The van der Waals surface area contributed by atoms with Crippen molar-refractivity contribution in [3.63, 3.8) is 0 Å². The number of nitriles is 2. The molecule has 0 fully saturated rings. The summed E-state index contributed by atoms with van der Waals surface area (Å²) in [5.41, 5.74) is 8.78. The Morgan fingerprint density at radius 2 is 1.91 bits per heavy atom. The smallest absolute Gasteiger partial charge is 0.139 e. The van der Waals surface area contributed by atoms with Crippen molar-refractivity contribution in [1.82, 2.24) is 0 Å². The van der Waals surface area contributed by atoms with Gasteiger partial charge < -0.3 is 10.8 Å². The first-order chi connectivity index (χ1) is 10.8. The Bertz CT molecular complexity index is 783. The number of hydrogen-bond donors (Lipinski definition) is 2. The topological polar surface area (TPSA) is 93.8 Å². The van der Waals surface area contributed by atoms with Crippen LogP contribution in [0.2, 0.25) is 0 Å². The van der Waals surface area contributed by atoms with E-state index in [0.29, 0.717) is 12.1 Å². The van der Waals surface area contributed by atoms with Gasteiger partial charge in [-0.3, -0.25) is 0 Å². The first kappa shape index (κ1) is 16.4. The van der Waals surface area contributed by atoms with Gasteiger partial charge in [-0.15, -0.1) is 0 Å². The highest BCUT2D eigenvalue weighted by atomic mass is 16.3. The molecule has 1 aliphatic rings. The van der Waals surface area contributed by atoms with Crippen molar-refractivity contribution in [2.45, 2.75) is 26.7 Å². The Balaban J connectivity index is 2.36. The van der Waals surface area contributed by atoms with Crippen LogP contribution in [0.15, 0.2) is 47.1 Å².